The Kier molecular flexibility index (Phi) is 7.19. The number of hydrogen-bond donors (Lipinski definition) is 0. The van der Waals surface area contributed by atoms with E-state index in [2.05, 4.69) is 201 Å². The summed E-state index contributed by atoms with van der Waals surface area (Å²) in [6, 6.07) is 67.9. The summed E-state index contributed by atoms with van der Waals surface area (Å²) in [5.74, 6) is 0. The third-order valence-electron chi connectivity index (χ3n) is 11.1. The van der Waals surface area contributed by atoms with Crippen LogP contribution in [0.4, 0.5) is 17.1 Å². The molecular formula is C51H37NO. The molecule has 1 aliphatic rings. The van der Waals surface area contributed by atoms with Gasteiger partial charge in [-0.15, -0.1) is 0 Å². The molecule has 9 aromatic rings. The first-order valence-electron chi connectivity index (χ1n) is 18.4. The number of hydrogen-bond acceptors (Lipinski definition) is 2. The van der Waals surface area contributed by atoms with E-state index in [1.54, 1.807) is 0 Å². The molecule has 0 bridgehead atoms. The maximum absolute atomic E-state index is 6.57. The van der Waals surface area contributed by atoms with Crippen molar-refractivity contribution in [3.05, 3.63) is 199 Å². The molecule has 10 rings (SSSR count). The van der Waals surface area contributed by atoms with Crippen LogP contribution in [-0.2, 0) is 5.41 Å². The van der Waals surface area contributed by atoms with E-state index in [-0.39, 0.29) is 5.41 Å². The van der Waals surface area contributed by atoms with Gasteiger partial charge in [-0.2, -0.15) is 0 Å². The number of benzene rings is 8. The van der Waals surface area contributed by atoms with Crippen LogP contribution in [0.5, 0.6) is 0 Å². The molecule has 1 aromatic heterocycles. The maximum atomic E-state index is 6.57. The van der Waals surface area contributed by atoms with Crippen molar-refractivity contribution in [2.45, 2.75) is 19.3 Å². The topological polar surface area (TPSA) is 16.4 Å². The first-order valence-corrected chi connectivity index (χ1v) is 18.4. The van der Waals surface area contributed by atoms with E-state index in [4.69, 9.17) is 4.42 Å². The second kappa shape index (κ2) is 12.3. The number of para-hydroxylation sites is 2. The lowest BCUT2D eigenvalue weighted by Crippen LogP contribution is -2.17. The summed E-state index contributed by atoms with van der Waals surface area (Å²) in [5, 5.41) is 2.21. The van der Waals surface area contributed by atoms with Crippen molar-refractivity contribution < 1.29 is 4.42 Å². The van der Waals surface area contributed by atoms with Crippen molar-refractivity contribution in [2.75, 3.05) is 4.90 Å². The molecule has 1 aliphatic carbocycles. The Morgan fingerprint density at radius 2 is 1.06 bits per heavy atom. The summed E-state index contributed by atoms with van der Waals surface area (Å²) in [7, 11) is 0. The van der Waals surface area contributed by atoms with Gasteiger partial charge in [0.2, 0.25) is 0 Å². The molecule has 0 aliphatic heterocycles. The average Bonchev–Trinajstić information content (AvgIpc) is 3.71. The molecule has 252 valence electrons. The van der Waals surface area contributed by atoms with Gasteiger partial charge < -0.3 is 9.32 Å². The standard InChI is InChI=1S/C51H37NO/c1-51(2)43-25-12-9-23-40(43)41-29-28-38(33-44(41)51)52(45-26-13-10-22-39(45)35-18-7-4-8-19-35)46-30-31-48-50(42-24-11-14-27-47(42)53-48)49(46)37-21-15-20-36(32-37)34-16-5-3-6-17-34/h3-33H,1-2H3. The van der Waals surface area contributed by atoms with Gasteiger partial charge >= 0.3 is 0 Å². The van der Waals surface area contributed by atoms with Crippen molar-refractivity contribution in [1.82, 2.24) is 0 Å². The van der Waals surface area contributed by atoms with Crippen LogP contribution >= 0.6 is 0 Å². The van der Waals surface area contributed by atoms with Crippen LogP contribution in [0.15, 0.2) is 192 Å². The molecule has 0 atom stereocenters. The summed E-state index contributed by atoms with van der Waals surface area (Å²) < 4.78 is 6.57. The predicted octanol–water partition coefficient (Wildman–Crippen LogP) is 14.4. The zero-order valence-corrected chi connectivity index (χ0v) is 29.8. The molecular weight excluding hydrogens is 643 g/mol. The summed E-state index contributed by atoms with van der Waals surface area (Å²) in [5.41, 5.74) is 17.2. The predicted molar refractivity (Wildman–Crippen MR) is 222 cm³/mol. The number of rotatable bonds is 6. The van der Waals surface area contributed by atoms with Gasteiger partial charge in [-0.05, 0) is 87.0 Å². The summed E-state index contributed by atoms with van der Waals surface area (Å²) in [6.45, 7) is 4.71. The summed E-state index contributed by atoms with van der Waals surface area (Å²) in [4.78, 5) is 2.48. The number of fused-ring (bicyclic) bond motifs is 6. The second-order valence-corrected chi connectivity index (χ2v) is 14.5. The van der Waals surface area contributed by atoms with E-state index in [9.17, 15) is 0 Å². The Labute approximate surface area is 310 Å². The molecule has 0 saturated carbocycles. The molecule has 0 N–H and O–H groups in total. The highest BCUT2D eigenvalue weighted by molar-refractivity contribution is 6.17. The molecule has 0 amide bonds. The van der Waals surface area contributed by atoms with Crippen molar-refractivity contribution in [1.29, 1.82) is 0 Å². The zero-order chi connectivity index (χ0) is 35.5. The molecule has 0 unspecified atom stereocenters. The Bertz CT molecular complexity index is 2810. The van der Waals surface area contributed by atoms with Gasteiger partial charge in [0.25, 0.3) is 0 Å². The highest BCUT2D eigenvalue weighted by Gasteiger charge is 2.36. The zero-order valence-electron chi connectivity index (χ0n) is 29.8. The second-order valence-electron chi connectivity index (χ2n) is 14.5. The highest BCUT2D eigenvalue weighted by atomic mass is 16.3. The molecule has 2 nitrogen and oxygen atoms in total. The fourth-order valence-electron chi connectivity index (χ4n) is 8.54. The van der Waals surface area contributed by atoms with Crippen molar-refractivity contribution in [3.63, 3.8) is 0 Å². The van der Waals surface area contributed by atoms with Gasteiger partial charge in [0.1, 0.15) is 11.2 Å². The summed E-state index contributed by atoms with van der Waals surface area (Å²) in [6.07, 6.45) is 0. The third-order valence-corrected chi connectivity index (χ3v) is 11.1. The van der Waals surface area contributed by atoms with Crippen molar-refractivity contribution in [2.24, 2.45) is 0 Å². The fraction of sp³-hybridized carbons (Fsp3) is 0.0588. The third kappa shape index (κ3) is 5.02. The number of furan rings is 1. The maximum Gasteiger partial charge on any atom is 0.136 e. The Balaban J connectivity index is 1.30. The number of anilines is 3. The van der Waals surface area contributed by atoms with Crippen molar-refractivity contribution in [3.8, 4) is 44.5 Å². The first kappa shape index (κ1) is 31.1. The molecule has 0 fully saturated rings. The smallest absolute Gasteiger partial charge is 0.136 e. The van der Waals surface area contributed by atoms with E-state index in [1.807, 2.05) is 6.07 Å². The van der Waals surface area contributed by atoms with E-state index in [0.717, 1.165) is 55.7 Å². The summed E-state index contributed by atoms with van der Waals surface area (Å²) >= 11 is 0. The molecule has 0 saturated heterocycles. The monoisotopic (exact) mass is 679 g/mol. The van der Waals surface area contributed by atoms with Gasteiger partial charge in [-0.1, -0.05) is 159 Å². The van der Waals surface area contributed by atoms with Crippen LogP contribution in [0.3, 0.4) is 0 Å². The van der Waals surface area contributed by atoms with Gasteiger partial charge in [-0.3, -0.25) is 0 Å². The molecule has 8 aromatic carbocycles. The minimum absolute atomic E-state index is 0.149. The van der Waals surface area contributed by atoms with Crippen LogP contribution in [-0.4, -0.2) is 0 Å². The Hall–Kier alpha value is -6.64. The largest absolute Gasteiger partial charge is 0.456 e. The van der Waals surface area contributed by atoms with Crippen LogP contribution in [0, 0.1) is 0 Å². The minimum atomic E-state index is -0.149. The molecule has 1 heterocycles. The molecule has 0 radical (unpaired) electrons. The first-order chi connectivity index (χ1) is 26.1. The van der Waals surface area contributed by atoms with E-state index < -0.39 is 0 Å². The van der Waals surface area contributed by atoms with Crippen LogP contribution in [0.2, 0.25) is 0 Å². The van der Waals surface area contributed by atoms with Gasteiger partial charge in [-0.25, -0.2) is 0 Å². The fourth-order valence-corrected chi connectivity index (χ4v) is 8.54. The van der Waals surface area contributed by atoms with Crippen molar-refractivity contribution >= 4 is 39.0 Å². The van der Waals surface area contributed by atoms with Gasteiger partial charge in [0, 0.05) is 33.0 Å². The minimum Gasteiger partial charge on any atom is -0.456 e. The highest BCUT2D eigenvalue weighted by Crippen LogP contribution is 2.53. The lowest BCUT2D eigenvalue weighted by Gasteiger charge is -2.31. The van der Waals surface area contributed by atoms with Crippen LogP contribution < -0.4 is 4.90 Å². The van der Waals surface area contributed by atoms with E-state index in [1.165, 1.54) is 38.9 Å². The van der Waals surface area contributed by atoms with E-state index in [0.29, 0.717) is 0 Å². The lowest BCUT2D eigenvalue weighted by molar-refractivity contribution is 0.660. The molecule has 0 spiro atoms. The quantitative estimate of drug-likeness (QED) is 0.174. The average molecular weight is 680 g/mol. The normalized spacial score (nSPS) is 12.9. The van der Waals surface area contributed by atoms with Gasteiger partial charge in [0.15, 0.2) is 0 Å². The molecule has 2 heteroatoms. The van der Waals surface area contributed by atoms with Crippen LogP contribution in [0.1, 0.15) is 25.0 Å². The van der Waals surface area contributed by atoms with E-state index >= 15 is 0 Å². The Morgan fingerprint density at radius 3 is 1.89 bits per heavy atom. The molecule has 53 heavy (non-hydrogen) atoms. The Morgan fingerprint density at radius 1 is 0.415 bits per heavy atom. The lowest BCUT2D eigenvalue weighted by atomic mass is 9.82. The number of nitrogens with zero attached hydrogens (tertiary/aromatic N) is 1. The van der Waals surface area contributed by atoms with Crippen LogP contribution in [0.25, 0.3) is 66.4 Å². The van der Waals surface area contributed by atoms with Gasteiger partial charge in [0.05, 0.1) is 11.4 Å². The SMILES string of the molecule is CC1(C)c2ccccc2-c2ccc(N(c3ccccc3-c3ccccc3)c3ccc4oc5ccccc5c4c3-c3cccc(-c4ccccc4)c3)cc21.